The SMILES string of the molecule is COc1ccc(-c2cc(=O)[nH]n2C)c(O)c1. The molecule has 0 atom stereocenters. The van der Waals surface area contributed by atoms with Gasteiger partial charge in [0, 0.05) is 24.7 Å². The topological polar surface area (TPSA) is 67.2 Å². The van der Waals surface area contributed by atoms with Crippen LogP contribution in [0.25, 0.3) is 11.3 Å². The van der Waals surface area contributed by atoms with Crippen LogP contribution >= 0.6 is 0 Å². The van der Waals surface area contributed by atoms with Crippen molar-refractivity contribution in [3.05, 3.63) is 34.6 Å². The van der Waals surface area contributed by atoms with Gasteiger partial charge in [-0.3, -0.25) is 14.6 Å². The highest BCUT2D eigenvalue weighted by Crippen LogP contribution is 2.31. The second-order valence-electron chi connectivity index (χ2n) is 3.45. The van der Waals surface area contributed by atoms with Crippen LogP contribution in [0.3, 0.4) is 0 Å². The van der Waals surface area contributed by atoms with Gasteiger partial charge in [-0.05, 0) is 12.1 Å². The van der Waals surface area contributed by atoms with Crippen LogP contribution < -0.4 is 10.3 Å². The number of rotatable bonds is 2. The number of phenolic OH excluding ortho intramolecular Hbond substituents is 1. The lowest BCUT2D eigenvalue weighted by Gasteiger charge is -2.07. The first-order valence-corrected chi connectivity index (χ1v) is 4.75. The number of aryl methyl sites for hydroxylation is 1. The Balaban J connectivity index is 2.56. The summed E-state index contributed by atoms with van der Waals surface area (Å²) in [6.45, 7) is 0. The highest BCUT2D eigenvalue weighted by atomic mass is 16.5. The highest BCUT2D eigenvalue weighted by Gasteiger charge is 2.09. The molecule has 0 saturated heterocycles. The lowest BCUT2D eigenvalue weighted by Crippen LogP contribution is -2.00. The van der Waals surface area contributed by atoms with Gasteiger partial charge in [0.05, 0.1) is 12.8 Å². The van der Waals surface area contributed by atoms with Crippen molar-refractivity contribution in [1.82, 2.24) is 9.78 Å². The van der Waals surface area contributed by atoms with E-state index in [0.29, 0.717) is 17.0 Å². The average Bonchev–Trinajstić information content (AvgIpc) is 2.57. The molecule has 2 N–H and O–H groups in total. The van der Waals surface area contributed by atoms with Gasteiger partial charge in [-0.15, -0.1) is 0 Å². The zero-order valence-electron chi connectivity index (χ0n) is 9.02. The number of hydrogen-bond acceptors (Lipinski definition) is 3. The first-order valence-electron chi connectivity index (χ1n) is 4.75. The Morgan fingerprint density at radius 2 is 2.12 bits per heavy atom. The van der Waals surface area contributed by atoms with E-state index >= 15 is 0 Å². The second kappa shape index (κ2) is 3.77. The fourth-order valence-corrected chi connectivity index (χ4v) is 1.59. The van der Waals surface area contributed by atoms with E-state index < -0.39 is 0 Å². The summed E-state index contributed by atoms with van der Waals surface area (Å²) >= 11 is 0. The lowest BCUT2D eigenvalue weighted by molar-refractivity contribution is 0.408. The molecule has 0 aliphatic carbocycles. The third-order valence-electron chi connectivity index (χ3n) is 2.39. The molecule has 2 aromatic rings. The predicted octanol–water partition coefficient (Wildman–Crippen LogP) is 1.09. The smallest absolute Gasteiger partial charge is 0.264 e. The van der Waals surface area contributed by atoms with Crippen molar-refractivity contribution in [1.29, 1.82) is 0 Å². The Hall–Kier alpha value is -2.17. The summed E-state index contributed by atoms with van der Waals surface area (Å²) < 4.78 is 6.54. The monoisotopic (exact) mass is 220 g/mol. The number of hydrogen-bond donors (Lipinski definition) is 2. The summed E-state index contributed by atoms with van der Waals surface area (Å²) in [5, 5.41) is 12.4. The van der Waals surface area contributed by atoms with E-state index in [2.05, 4.69) is 5.10 Å². The molecule has 0 aliphatic rings. The van der Waals surface area contributed by atoms with E-state index in [1.807, 2.05) is 0 Å². The largest absolute Gasteiger partial charge is 0.507 e. The predicted molar refractivity (Wildman–Crippen MR) is 59.7 cm³/mol. The van der Waals surface area contributed by atoms with Gasteiger partial charge in [-0.25, -0.2) is 0 Å². The first-order chi connectivity index (χ1) is 7.61. The average molecular weight is 220 g/mol. The van der Waals surface area contributed by atoms with Gasteiger partial charge in [-0.1, -0.05) is 0 Å². The quantitative estimate of drug-likeness (QED) is 0.796. The van der Waals surface area contributed by atoms with Crippen LogP contribution in [0.15, 0.2) is 29.1 Å². The van der Waals surface area contributed by atoms with Crippen LogP contribution in [0.4, 0.5) is 0 Å². The normalized spacial score (nSPS) is 10.4. The first kappa shape index (κ1) is 10.4. The molecule has 0 fully saturated rings. The Bertz CT molecular complexity index is 569. The number of H-pyrrole nitrogens is 1. The molecule has 2 rings (SSSR count). The maximum atomic E-state index is 11.1. The summed E-state index contributed by atoms with van der Waals surface area (Å²) in [6, 6.07) is 6.37. The number of nitrogens with one attached hydrogen (secondary N) is 1. The van der Waals surface area contributed by atoms with Crippen molar-refractivity contribution in [2.75, 3.05) is 7.11 Å². The number of aromatic hydroxyl groups is 1. The molecular formula is C11H12N2O3. The Morgan fingerprint density at radius 1 is 1.38 bits per heavy atom. The standard InChI is InChI=1S/C11H12N2O3/c1-13-9(6-11(15)12-13)8-4-3-7(16-2)5-10(8)14/h3-6,14H,1-2H3,(H,12,15). The summed E-state index contributed by atoms with van der Waals surface area (Å²) in [5.41, 5.74) is 1.01. The molecule has 5 nitrogen and oxygen atoms in total. The number of aromatic nitrogens is 2. The molecule has 1 aromatic carbocycles. The van der Waals surface area contributed by atoms with Crippen molar-refractivity contribution < 1.29 is 9.84 Å². The molecule has 0 amide bonds. The molecule has 1 heterocycles. The number of benzene rings is 1. The minimum Gasteiger partial charge on any atom is -0.507 e. The van der Waals surface area contributed by atoms with Crippen LogP contribution in [0.1, 0.15) is 0 Å². The van der Waals surface area contributed by atoms with Crippen LogP contribution in [0.2, 0.25) is 0 Å². The van der Waals surface area contributed by atoms with Crippen LogP contribution in [0, 0.1) is 0 Å². The molecule has 0 saturated carbocycles. The van der Waals surface area contributed by atoms with Crippen LogP contribution in [-0.2, 0) is 7.05 Å². The molecular weight excluding hydrogens is 208 g/mol. The van der Waals surface area contributed by atoms with Crippen molar-refractivity contribution >= 4 is 0 Å². The van der Waals surface area contributed by atoms with Crippen molar-refractivity contribution in [2.24, 2.45) is 7.05 Å². The maximum absolute atomic E-state index is 11.1. The van der Waals surface area contributed by atoms with Gasteiger partial charge in [0.25, 0.3) is 5.56 Å². The lowest BCUT2D eigenvalue weighted by atomic mass is 10.1. The van der Waals surface area contributed by atoms with Crippen molar-refractivity contribution in [3.63, 3.8) is 0 Å². The molecule has 0 aliphatic heterocycles. The Labute approximate surface area is 91.9 Å². The third-order valence-corrected chi connectivity index (χ3v) is 2.39. The molecule has 5 heteroatoms. The summed E-state index contributed by atoms with van der Waals surface area (Å²) in [4.78, 5) is 11.1. The Morgan fingerprint density at radius 3 is 2.62 bits per heavy atom. The summed E-state index contributed by atoms with van der Waals surface area (Å²) in [7, 11) is 3.24. The van der Waals surface area contributed by atoms with Gasteiger partial charge in [0.15, 0.2) is 0 Å². The molecule has 1 aromatic heterocycles. The zero-order valence-corrected chi connectivity index (χ0v) is 9.02. The summed E-state index contributed by atoms with van der Waals surface area (Å²) in [6.07, 6.45) is 0. The second-order valence-corrected chi connectivity index (χ2v) is 3.45. The van der Waals surface area contributed by atoms with Gasteiger partial charge in [0.2, 0.25) is 0 Å². The van der Waals surface area contributed by atoms with E-state index in [1.165, 1.54) is 19.2 Å². The maximum Gasteiger partial charge on any atom is 0.264 e. The van der Waals surface area contributed by atoms with Crippen molar-refractivity contribution in [2.45, 2.75) is 0 Å². The van der Waals surface area contributed by atoms with Gasteiger partial charge < -0.3 is 9.84 Å². The molecule has 16 heavy (non-hydrogen) atoms. The van der Waals surface area contributed by atoms with Crippen molar-refractivity contribution in [3.8, 4) is 22.8 Å². The van der Waals surface area contributed by atoms with Gasteiger partial charge in [-0.2, -0.15) is 0 Å². The number of methoxy groups -OCH3 is 1. The van der Waals surface area contributed by atoms with E-state index in [1.54, 1.807) is 23.9 Å². The summed E-state index contributed by atoms with van der Waals surface area (Å²) in [5.74, 6) is 0.649. The van der Waals surface area contributed by atoms with E-state index in [0.717, 1.165) is 0 Å². The number of nitrogens with zero attached hydrogens (tertiary/aromatic N) is 1. The number of aromatic amines is 1. The van der Waals surface area contributed by atoms with Crippen LogP contribution in [0.5, 0.6) is 11.5 Å². The van der Waals surface area contributed by atoms with E-state index in [-0.39, 0.29) is 11.3 Å². The minimum absolute atomic E-state index is 0.0777. The molecule has 84 valence electrons. The van der Waals surface area contributed by atoms with Crippen LogP contribution in [-0.4, -0.2) is 22.0 Å². The van der Waals surface area contributed by atoms with E-state index in [9.17, 15) is 9.90 Å². The fraction of sp³-hybridized carbons (Fsp3) is 0.182. The van der Waals surface area contributed by atoms with Gasteiger partial charge >= 0.3 is 0 Å². The van der Waals surface area contributed by atoms with Gasteiger partial charge in [0.1, 0.15) is 11.5 Å². The molecule has 0 radical (unpaired) electrons. The molecule has 0 bridgehead atoms. The van der Waals surface area contributed by atoms with E-state index in [4.69, 9.17) is 4.74 Å². The highest BCUT2D eigenvalue weighted by molar-refractivity contribution is 5.68. The molecule has 0 unspecified atom stereocenters. The Kier molecular flexibility index (Phi) is 2.44. The molecule has 0 spiro atoms. The fourth-order valence-electron chi connectivity index (χ4n) is 1.59. The third kappa shape index (κ3) is 1.67. The number of phenols is 1. The zero-order chi connectivity index (χ0) is 11.7. The minimum atomic E-state index is -0.201. The number of ether oxygens (including phenoxy) is 1.